The molecule has 4 aromatic rings. The predicted molar refractivity (Wildman–Crippen MR) is 154 cm³/mol. The van der Waals surface area contributed by atoms with Crippen molar-refractivity contribution in [2.75, 3.05) is 4.72 Å². The summed E-state index contributed by atoms with van der Waals surface area (Å²) in [5.74, 6) is -0.977. The number of nitrogens with one attached hydrogen (secondary N) is 2. The number of ether oxygens (including phenoxy) is 1. The van der Waals surface area contributed by atoms with Crippen molar-refractivity contribution in [3.8, 4) is 5.75 Å². The molecule has 0 aliphatic carbocycles. The molecular formula is C27H18BrCl2N3O5S. The maximum atomic E-state index is 12.6. The van der Waals surface area contributed by atoms with Crippen LogP contribution in [0.15, 0.2) is 105 Å². The average Bonchev–Trinajstić information content (AvgIpc) is 2.90. The summed E-state index contributed by atoms with van der Waals surface area (Å²) >= 11 is 15.3. The van der Waals surface area contributed by atoms with Gasteiger partial charge in [-0.15, -0.1) is 0 Å². The number of hydrogen-bond acceptors (Lipinski definition) is 6. The van der Waals surface area contributed by atoms with E-state index in [4.69, 9.17) is 27.9 Å². The number of carbonyl (C=O) groups excluding carboxylic acids is 2. The summed E-state index contributed by atoms with van der Waals surface area (Å²) < 4.78 is 33.7. The quantitative estimate of drug-likeness (QED) is 0.0977. The lowest BCUT2D eigenvalue weighted by molar-refractivity contribution is 0.0734. The molecule has 0 saturated heterocycles. The molecule has 0 aromatic heterocycles. The van der Waals surface area contributed by atoms with Crippen LogP contribution in [0.25, 0.3) is 0 Å². The van der Waals surface area contributed by atoms with Crippen LogP contribution >= 0.6 is 39.1 Å². The van der Waals surface area contributed by atoms with Gasteiger partial charge in [0.1, 0.15) is 5.75 Å². The van der Waals surface area contributed by atoms with Gasteiger partial charge < -0.3 is 4.74 Å². The van der Waals surface area contributed by atoms with Crippen LogP contribution in [0.3, 0.4) is 0 Å². The van der Waals surface area contributed by atoms with Crippen molar-refractivity contribution in [2.45, 2.75) is 4.90 Å². The number of rotatable bonds is 8. The van der Waals surface area contributed by atoms with Gasteiger partial charge in [-0.25, -0.2) is 18.6 Å². The Morgan fingerprint density at radius 1 is 0.897 bits per heavy atom. The van der Waals surface area contributed by atoms with Crippen molar-refractivity contribution < 1.29 is 22.7 Å². The lowest BCUT2D eigenvalue weighted by Gasteiger charge is -2.09. The number of hydrogen-bond donors (Lipinski definition) is 2. The largest absolute Gasteiger partial charge is 0.422 e. The first kappa shape index (κ1) is 28.3. The van der Waals surface area contributed by atoms with Gasteiger partial charge in [0, 0.05) is 26.3 Å². The van der Waals surface area contributed by atoms with Crippen molar-refractivity contribution >= 4 is 72.9 Å². The number of sulfonamides is 1. The van der Waals surface area contributed by atoms with Crippen LogP contribution in [0.5, 0.6) is 5.75 Å². The standard InChI is InChI=1S/C27H18BrCl2N3O5S/c28-19-7-14-25(38-27(35)23-3-1-2-4-24(23)30)18(15-19)16-31-32-26(34)17-5-10-21(11-6-17)33-39(36,37)22-12-8-20(29)9-13-22/h1-16,33H,(H,32,34)/b31-16-. The maximum Gasteiger partial charge on any atom is 0.345 e. The molecular weight excluding hydrogens is 629 g/mol. The third kappa shape index (κ3) is 7.45. The molecule has 198 valence electrons. The minimum absolute atomic E-state index is 0.0486. The van der Waals surface area contributed by atoms with Gasteiger partial charge >= 0.3 is 5.97 Å². The molecule has 0 heterocycles. The van der Waals surface area contributed by atoms with Crippen LogP contribution in [0.2, 0.25) is 10.0 Å². The van der Waals surface area contributed by atoms with Crippen molar-refractivity contribution in [1.82, 2.24) is 5.43 Å². The number of anilines is 1. The lowest BCUT2D eigenvalue weighted by atomic mass is 10.2. The number of nitrogens with zero attached hydrogens (tertiary/aromatic N) is 1. The van der Waals surface area contributed by atoms with Crippen LogP contribution in [0.4, 0.5) is 5.69 Å². The van der Waals surface area contributed by atoms with E-state index in [-0.39, 0.29) is 32.5 Å². The first-order chi connectivity index (χ1) is 18.6. The second-order valence-corrected chi connectivity index (χ2v) is 11.3. The topological polar surface area (TPSA) is 114 Å². The summed E-state index contributed by atoms with van der Waals surface area (Å²) in [5.41, 5.74) is 3.51. The first-order valence-electron chi connectivity index (χ1n) is 11.1. The number of hydrazone groups is 1. The number of carbonyl (C=O) groups is 2. The van der Waals surface area contributed by atoms with E-state index < -0.39 is 21.9 Å². The van der Waals surface area contributed by atoms with Gasteiger partial charge in [0.2, 0.25) is 0 Å². The van der Waals surface area contributed by atoms with Crippen molar-refractivity contribution in [1.29, 1.82) is 0 Å². The van der Waals surface area contributed by atoms with Crippen LogP contribution in [0.1, 0.15) is 26.3 Å². The number of benzene rings is 4. The summed E-state index contributed by atoms with van der Waals surface area (Å²) in [4.78, 5) is 25.2. The second-order valence-electron chi connectivity index (χ2n) is 7.89. The average molecular weight is 647 g/mol. The molecule has 0 aliphatic heterocycles. The van der Waals surface area contributed by atoms with E-state index in [1.807, 2.05) is 0 Å². The highest BCUT2D eigenvalue weighted by Crippen LogP contribution is 2.24. The van der Waals surface area contributed by atoms with Crippen molar-refractivity contribution in [3.63, 3.8) is 0 Å². The third-order valence-electron chi connectivity index (χ3n) is 5.16. The minimum Gasteiger partial charge on any atom is -0.422 e. The summed E-state index contributed by atoms with van der Waals surface area (Å²) in [6, 6.07) is 22.9. The molecule has 8 nitrogen and oxygen atoms in total. The summed E-state index contributed by atoms with van der Waals surface area (Å²) in [7, 11) is -3.82. The smallest absolute Gasteiger partial charge is 0.345 e. The monoisotopic (exact) mass is 645 g/mol. The van der Waals surface area contributed by atoms with Crippen LogP contribution in [-0.4, -0.2) is 26.5 Å². The van der Waals surface area contributed by atoms with Crippen molar-refractivity contribution in [2.24, 2.45) is 5.10 Å². The second kappa shape index (κ2) is 12.4. The zero-order chi connectivity index (χ0) is 28.0. The summed E-state index contributed by atoms with van der Waals surface area (Å²) in [6.45, 7) is 0. The molecule has 0 radical (unpaired) electrons. The number of esters is 1. The maximum absolute atomic E-state index is 12.6. The minimum atomic E-state index is -3.82. The fourth-order valence-electron chi connectivity index (χ4n) is 3.24. The molecule has 0 atom stereocenters. The van der Waals surface area contributed by atoms with Crippen LogP contribution in [-0.2, 0) is 10.0 Å². The fraction of sp³-hybridized carbons (Fsp3) is 0. The Morgan fingerprint density at radius 2 is 1.59 bits per heavy atom. The first-order valence-corrected chi connectivity index (χ1v) is 14.1. The Balaban J connectivity index is 1.41. The van der Waals surface area contributed by atoms with Gasteiger partial charge in [-0.2, -0.15) is 5.10 Å². The molecule has 0 unspecified atom stereocenters. The van der Waals surface area contributed by atoms with Gasteiger partial charge in [0.15, 0.2) is 0 Å². The Bertz CT molecular complexity index is 1660. The molecule has 12 heteroatoms. The van der Waals surface area contributed by atoms with Gasteiger partial charge in [-0.3, -0.25) is 9.52 Å². The molecule has 0 fully saturated rings. The fourth-order valence-corrected chi connectivity index (χ4v) is 5.01. The number of amides is 1. The Morgan fingerprint density at radius 3 is 2.28 bits per heavy atom. The summed E-state index contributed by atoms with van der Waals surface area (Å²) in [6.07, 6.45) is 1.33. The molecule has 4 rings (SSSR count). The van der Waals surface area contributed by atoms with E-state index in [2.05, 4.69) is 31.2 Å². The summed E-state index contributed by atoms with van der Waals surface area (Å²) in [5, 5.41) is 4.63. The van der Waals surface area contributed by atoms with Gasteiger partial charge in [-0.1, -0.05) is 51.3 Å². The molecule has 2 N–H and O–H groups in total. The molecule has 0 bridgehead atoms. The zero-order valence-electron chi connectivity index (χ0n) is 19.8. The molecule has 4 aromatic carbocycles. The normalized spacial score (nSPS) is 11.3. The molecule has 39 heavy (non-hydrogen) atoms. The number of halogens is 3. The molecule has 1 amide bonds. The van der Waals surface area contributed by atoms with E-state index in [1.165, 1.54) is 54.7 Å². The van der Waals surface area contributed by atoms with E-state index in [0.29, 0.717) is 15.1 Å². The Hall–Kier alpha value is -3.70. The molecule has 0 saturated carbocycles. The highest BCUT2D eigenvalue weighted by molar-refractivity contribution is 9.10. The Labute approximate surface area is 242 Å². The van der Waals surface area contributed by atoms with E-state index in [9.17, 15) is 18.0 Å². The zero-order valence-corrected chi connectivity index (χ0v) is 23.7. The SMILES string of the molecule is O=C(N/N=C\c1cc(Br)ccc1OC(=O)c1ccccc1Cl)c1ccc(NS(=O)(=O)c2ccc(Cl)cc2)cc1. The van der Waals surface area contributed by atoms with Crippen LogP contribution < -0.4 is 14.9 Å². The van der Waals surface area contributed by atoms with E-state index >= 15 is 0 Å². The third-order valence-corrected chi connectivity index (χ3v) is 7.63. The highest BCUT2D eigenvalue weighted by Gasteiger charge is 2.16. The highest BCUT2D eigenvalue weighted by atomic mass is 79.9. The van der Waals surface area contributed by atoms with E-state index in [1.54, 1.807) is 42.5 Å². The van der Waals surface area contributed by atoms with Crippen molar-refractivity contribution in [3.05, 3.63) is 122 Å². The van der Waals surface area contributed by atoms with Gasteiger partial charge in [-0.05, 0) is 78.9 Å². The van der Waals surface area contributed by atoms with Crippen LogP contribution in [0, 0.1) is 0 Å². The Kier molecular flexibility index (Phi) is 9.03. The predicted octanol–water partition coefficient (Wildman–Crippen LogP) is 6.54. The molecule has 0 spiro atoms. The lowest BCUT2D eigenvalue weighted by Crippen LogP contribution is -2.18. The molecule has 0 aliphatic rings. The van der Waals surface area contributed by atoms with E-state index in [0.717, 1.165) is 0 Å². The van der Waals surface area contributed by atoms with Gasteiger partial charge in [0.05, 0.1) is 21.7 Å². The van der Waals surface area contributed by atoms with Gasteiger partial charge in [0.25, 0.3) is 15.9 Å².